The molecule has 0 aromatic heterocycles. The molecule has 0 heterocycles. The number of benzene rings is 1. The number of carboxylic acids is 1. The third kappa shape index (κ3) is 5.30. The zero-order valence-corrected chi connectivity index (χ0v) is 12.0. The molecular formula is C13H14ClN3O4. The molecule has 21 heavy (non-hydrogen) atoms. The highest BCUT2D eigenvalue weighted by Crippen LogP contribution is 2.20. The number of carboxylic acid groups (broad SMARTS) is 1. The van der Waals surface area contributed by atoms with Gasteiger partial charge in [-0.05, 0) is 18.2 Å². The van der Waals surface area contributed by atoms with E-state index >= 15 is 0 Å². The zero-order valence-electron chi connectivity index (χ0n) is 11.2. The van der Waals surface area contributed by atoms with Crippen LogP contribution in [0.5, 0.6) is 0 Å². The quantitative estimate of drug-likeness (QED) is 0.742. The molecule has 0 saturated heterocycles. The van der Waals surface area contributed by atoms with Gasteiger partial charge in [0.25, 0.3) is 0 Å². The molecule has 0 spiro atoms. The van der Waals surface area contributed by atoms with Crippen molar-refractivity contribution in [1.29, 1.82) is 5.26 Å². The number of hydrogen-bond donors (Lipinski definition) is 3. The number of hydrogen-bond acceptors (Lipinski definition) is 4. The summed E-state index contributed by atoms with van der Waals surface area (Å²) in [6.45, 7) is 0.192. The van der Waals surface area contributed by atoms with Crippen LogP contribution in [0, 0.1) is 11.3 Å². The van der Waals surface area contributed by atoms with Crippen molar-refractivity contribution in [2.75, 3.05) is 19.0 Å². The standard InChI is InChI=1S/C13H14ClN3O4/c1-21-5-4-10(12(18)19)16-13(20)17-11-6-9(14)3-2-8(11)7-15/h2-3,6,10H,4-5H2,1H3,(H,18,19)(H2,16,17,20). The first-order valence-corrected chi connectivity index (χ1v) is 6.34. The number of urea groups is 1. The van der Waals surface area contributed by atoms with Gasteiger partial charge in [-0.25, -0.2) is 9.59 Å². The third-order valence-electron chi connectivity index (χ3n) is 2.56. The van der Waals surface area contributed by atoms with Crippen LogP contribution < -0.4 is 10.6 Å². The second-order valence-electron chi connectivity index (χ2n) is 4.07. The van der Waals surface area contributed by atoms with E-state index < -0.39 is 18.0 Å². The number of methoxy groups -OCH3 is 1. The van der Waals surface area contributed by atoms with Crippen molar-refractivity contribution in [3.8, 4) is 6.07 Å². The first-order valence-electron chi connectivity index (χ1n) is 5.96. The van der Waals surface area contributed by atoms with Crippen LogP contribution in [0.2, 0.25) is 5.02 Å². The number of nitrogens with one attached hydrogen (secondary N) is 2. The van der Waals surface area contributed by atoms with E-state index in [1.165, 1.54) is 25.3 Å². The van der Waals surface area contributed by atoms with Gasteiger partial charge in [-0.3, -0.25) is 0 Å². The second-order valence-corrected chi connectivity index (χ2v) is 4.51. The van der Waals surface area contributed by atoms with E-state index in [1.807, 2.05) is 6.07 Å². The van der Waals surface area contributed by atoms with Crippen LogP contribution >= 0.6 is 11.6 Å². The fourth-order valence-electron chi connectivity index (χ4n) is 1.53. The van der Waals surface area contributed by atoms with Gasteiger partial charge in [0.2, 0.25) is 0 Å². The Morgan fingerprint density at radius 2 is 2.24 bits per heavy atom. The number of nitriles is 1. The van der Waals surface area contributed by atoms with Gasteiger partial charge in [0.05, 0.1) is 11.3 Å². The van der Waals surface area contributed by atoms with Crippen LogP contribution in [-0.4, -0.2) is 36.9 Å². The molecule has 2 amide bonds. The first-order chi connectivity index (χ1) is 9.97. The smallest absolute Gasteiger partial charge is 0.326 e. The van der Waals surface area contributed by atoms with Gasteiger partial charge in [0.1, 0.15) is 12.1 Å². The highest BCUT2D eigenvalue weighted by Gasteiger charge is 2.20. The summed E-state index contributed by atoms with van der Waals surface area (Å²) in [6, 6.07) is 4.45. The van der Waals surface area contributed by atoms with Crippen LogP contribution in [0.4, 0.5) is 10.5 Å². The van der Waals surface area contributed by atoms with Gasteiger partial charge < -0.3 is 20.5 Å². The molecule has 0 aliphatic heterocycles. The number of carbonyl (C=O) groups excluding carboxylic acids is 1. The number of rotatable bonds is 6. The van der Waals surface area contributed by atoms with Gasteiger partial charge in [0, 0.05) is 25.2 Å². The Morgan fingerprint density at radius 3 is 2.81 bits per heavy atom. The van der Waals surface area contributed by atoms with Gasteiger partial charge in [-0.1, -0.05) is 11.6 Å². The molecule has 1 atom stereocenters. The lowest BCUT2D eigenvalue weighted by molar-refractivity contribution is -0.139. The summed E-state index contributed by atoms with van der Waals surface area (Å²) in [5, 5.41) is 23.0. The van der Waals surface area contributed by atoms with E-state index in [-0.39, 0.29) is 24.3 Å². The summed E-state index contributed by atoms with van der Waals surface area (Å²) in [7, 11) is 1.43. The number of nitrogens with zero attached hydrogens (tertiary/aromatic N) is 1. The average Bonchev–Trinajstić information content (AvgIpc) is 2.43. The van der Waals surface area contributed by atoms with Crippen molar-refractivity contribution in [1.82, 2.24) is 5.32 Å². The first kappa shape index (κ1) is 16.8. The molecule has 112 valence electrons. The van der Waals surface area contributed by atoms with Crippen molar-refractivity contribution < 1.29 is 19.4 Å². The van der Waals surface area contributed by atoms with Crippen molar-refractivity contribution in [2.45, 2.75) is 12.5 Å². The Balaban J connectivity index is 2.74. The minimum absolute atomic E-state index is 0.125. The molecule has 7 nitrogen and oxygen atoms in total. The van der Waals surface area contributed by atoms with Gasteiger partial charge in [-0.2, -0.15) is 5.26 Å². The normalized spacial score (nSPS) is 11.3. The van der Waals surface area contributed by atoms with Crippen LogP contribution in [0.25, 0.3) is 0 Å². The Hall–Kier alpha value is -2.30. The predicted octanol–water partition coefficient (Wildman–Crippen LogP) is 1.82. The topological polar surface area (TPSA) is 111 Å². The molecule has 0 aliphatic carbocycles. The van der Waals surface area contributed by atoms with Crippen molar-refractivity contribution in [3.63, 3.8) is 0 Å². The maximum absolute atomic E-state index is 11.8. The lowest BCUT2D eigenvalue weighted by Crippen LogP contribution is -2.43. The van der Waals surface area contributed by atoms with Crippen LogP contribution in [0.3, 0.4) is 0 Å². The van der Waals surface area contributed by atoms with Crippen molar-refractivity contribution in [3.05, 3.63) is 28.8 Å². The molecule has 0 saturated carbocycles. The Morgan fingerprint density at radius 1 is 1.52 bits per heavy atom. The molecule has 0 fully saturated rings. The molecule has 1 aromatic rings. The summed E-state index contributed by atoms with van der Waals surface area (Å²) in [5.41, 5.74) is 0.427. The molecular weight excluding hydrogens is 298 g/mol. The lowest BCUT2D eigenvalue weighted by Gasteiger charge is -2.15. The van der Waals surface area contributed by atoms with Crippen LogP contribution in [-0.2, 0) is 9.53 Å². The summed E-state index contributed by atoms with van der Waals surface area (Å²) in [5.74, 6) is -1.17. The van der Waals surface area contributed by atoms with Crippen molar-refractivity contribution >= 4 is 29.3 Å². The monoisotopic (exact) mass is 311 g/mol. The molecule has 0 aliphatic rings. The molecule has 1 aromatic carbocycles. The Bertz CT molecular complexity index is 571. The Labute approximate surface area is 126 Å². The highest BCUT2D eigenvalue weighted by atomic mass is 35.5. The number of halogens is 1. The summed E-state index contributed by atoms with van der Waals surface area (Å²) in [6.07, 6.45) is 0.125. The van der Waals surface area contributed by atoms with Crippen LogP contribution in [0.1, 0.15) is 12.0 Å². The van der Waals surface area contributed by atoms with Crippen LogP contribution in [0.15, 0.2) is 18.2 Å². The SMILES string of the molecule is COCCC(NC(=O)Nc1cc(Cl)ccc1C#N)C(=O)O. The fraction of sp³-hybridized carbons (Fsp3) is 0.308. The van der Waals surface area contributed by atoms with Gasteiger partial charge in [-0.15, -0.1) is 0 Å². The number of aliphatic carboxylic acids is 1. The minimum atomic E-state index is -1.17. The Kier molecular flexibility index (Phi) is 6.46. The number of amides is 2. The summed E-state index contributed by atoms with van der Waals surface area (Å²) >= 11 is 5.79. The van der Waals surface area contributed by atoms with E-state index in [9.17, 15) is 9.59 Å². The molecule has 3 N–H and O–H groups in total. The number of anilines is 1. The molecule has 1 unspecified atom stereocenters. The second kappa shape index (κ2) is 8.09. The van der Waals surface area contributed by atoms with Gasteiger partial charge >= 0.3 is 12.0 Å². The van der Waals surface area contributed by atoms with E-state index in [0.717, 1.165) is 0 Å². The van der Waals surface area contributed by atoms with E-state index in [2.05, 4.69) is 10.6 Å². The minimum Gasteiger partial charge on any atom is -0.480 e. The van der Waals surface area contributed by atoms with Crippen molar-refractivity contribution in [2.24, 2.45) is 0 Å². The molecule has 1 rings (SSSR count). The van der Waals surface area contributed by atoms with Gasteiger partial charge in [0.15, 0.2) is 0 Å². The fourth-order valence-corrected chi connectivity index (χ4v) is 1.70. The molecule has 8 heteroatoms. The molecule has 0 bridgehead atoms. The summed E-state index contributed by atoms with van der Waals surface area (Å²) in [4.78, 5) is 22.8. The number of carbonyl (C=O) groups is 2. The van der Waals surface area contributed by atoms with E-state index in [1.54, 1.807) is 0 Å². The largest absolute Gasteiger partial charge is 0.480 e. The third-order valence-corrected chi connectivity index (χ3v) is 2.80. The van der Waals surface area contributed by atoms with E-state index in [4.69, 9.17) is 26.7 Å². The molecule has 0 radical (unpaired) electrons. The maximum atomic E-state index is 11.8. The maximum Gasteiger partial charge on any atom is 0.326 e. The zero-order chi connectivity index (χ0) is 15.8. The van der Waals surface area contributed by atoms with E-state index in [0.29, 0.717) is 5.02 Å². The summed E-state index contributed by atoms with van der Waals surface area (Å²) < 4.78 is 4.78. The average molecular weight is 312 g/mol. The highest BCUT2D eigenvalue weighted by molar-refractivity contribution is 6.31. The number of ether oxygens (including phenoxy) is 1. The predicted molar refractivity (Wildman–Crippen MR) is 76.2 cm³/mol. The lowest BCUT2D eigenvalue weighted by atomic mass is 10.2.